The summed E-state index contributed by atoms with van der Waals surface area (Å²) in [4.78, 5) is 31.5. The largest absolute Gasteiger partial charge is 0.381 e. The molecular formula is C40H40ClF2N7O3. The number of carbonyl (C=O) groups is 2. The van der Waals surface area contributed by atoms with Gasteiger partial charge in [-0.2, -0.15) is 5.10 Å². The fourth-order valence-corrected chi connectivity index (χ4v) is 7.70. The number of ketones is 1. The Labute approximate surface area is 310 Å². The molecule has 1 aliphatic carbocycles. The number of fused-ring (bicyclic) bond motifs is 2. The Hall–Kier alpha value is -5.17. The lowest BCUT2D eigenvalue weighted by molar-refractivity contribution is -0.112. The van der Waals surface area contributed by atoms with Crippen molar-refractivity contribution in [1.82, 2.24) is 29.0 Å². The normalized spacial score (nSPS) is 16.3. The Balaban J connectivity index is 1.20. The van der Waals surface area contributed by atoms with E-state index in [1.807, 2.05) is 43.8 Å². The van der Waals surface area contributed by atoms with E-state index in [0.29, 0.717) is 34.2 Å². The summed E-state index contributed by atoms with van der Waals surface area (Å²) in [5.74, 6) is -2.64. The fourth-order valence-electron chi connectivity index (χ4n) is 7.31. The summed E-state index contributed by atoms with van der Waals surface area (Å²) in [5.41, 5.74) is 5.35. The number of methoxy groups -OCH3 is 1. The third kappa shape index (κ3) is 6.90. The van der Waals surface area contributed by atoms with Crippen LogP contribution in [-0.4, -0.2) is 61.2 Å². The van der Waals surface area contributed by atoms with E-state index in [0.717, 1.165) is 71.4 Å². The number of hydrogen-bond acceptors (Lipinski definition) is 6. The Morgan fingerprint density at radius 1 is 1.06 bits per heavy atom. The predicted molar refractivity (Wildman–Crippen MR) is 202 cm³/mol. The van der Waals surface area contributed by atoms with Gasteiger partial charge in [0.25, 0.3) is 0 Å². The summed E-state index contributed by atoms with van der Waals surface area (Å²) in [5, 5.41) is 10.5. The maximum absolute atomic E-state index is 15.5. The number of benzene rings is 2. The Bertz CT molecular complexity index is 2400. The van der Waals surface area contributed by atoms with Gasteiger partial charge in [-0.15, -0.1) is 0 Å². The van der Waals surface area contributed by atoms with Crippen LogP contribution in [0.15, 0.2) is 67.1 Å². The van der Waals surface area contributed by atoms with Gasteiger partial charge >= 0.3 is 0 Å². The lowest BCUT2D eigenvalue weighted by atomic mass is 9.93. The van der Waals surface area contributed by atoms with E-state index >= 15 is 8.78 Å². The number of ether oxygens (including phenoxy) is 1. The molecule has 1 fully saturated rings. The van der Waals surface area contributed by atoms with Crippen molar-refractivity contribution in [3.05, 3.63) is 106 Å². The molecule has 2 aromatic carbocycles. The lowest BCUT2D eigenvalue weighted by Crippen LogP contribution is -2.35. The van der Waals surface area contributed by atoms with Crippen molar-refractivity contribution in [2.24, 2.45) is 14.1 Å². The Morgan fingerprint density at radius 2 is 1.79 bits per heavy atom. The molecule has 0 radical (unpaired) electrons. The zero-order chi connectivity index (χ0) is 37.6. The summed E-state index contributed by atoms with van der Waals surface area (Å²) in [7, 11) is 5.45. The highest BCUT2D eigenvalue weighted by atomic mass is 35.5. The highest BCUT2D eigenvalue weighted by Gasteiger charge is 2.26. The Morgan fingerprint density at radius 3 is 2.47 bits per heavy atom. The summed E-state index contributed by atoms with van der Waals surface area (Å²) < 4.78 is 41.7. The minimum Gasteiger partial charge on any atom is -0.381 e. The van der Waals surface area contributed by atoms with Gasteiger partial charge in [-0.25, -0.2) is 13.8 Å². The lowest BCUT2D eigenvalue weighted by Gasteiger charge is -2.27. The number of halogens is 3. The van der Waals surface area contributed by atoms with Crippen molar-refractivity contribution < 1.29 is 23.1 Å². The summed E-state index contributed by atoms with van der Waals surface area (Å²) in [6.07, 6.45) is 12.3. The van der Waals surface area contributed by atoms with Crippen molar-refractivity contribution in [2.45, 2.75) is 51.7 Å². The van der Waals surface area contributed by atoms with E-state index in [4.69, 9.17) is 21.3 Å². The van der Waals surface area contributed by atoms with Crippen LogP contribution in [0.2, 0.25) is 5.02 Å². The van der Waals surface area contributed by atoms with E-state index in [9.17, 15) is 9.59 Å². The smallest absolute Gasteiger partial charge is 0.248 e. The van der Waals surface area contributed by atoms with Crippen LogP contribution in [0.4, 0.5) is 14.5 Å². The molecule has 4 heterocycles. The molecule has 53 heavy (non-hydrogen) atoms. The molecule has 0 saturated heterocycles. The number of anilines is 1. The van der Waals surface area contributed by atoms with E-state index in [1.54, 1.807) is 53.8 Å². The third-order valence-corrected chi connectivity index (χ3v) is 10.6. The van der Waals surface area contributed by atoms with Crippen LogP contribution in [0.1, 0.15) is 53.1 Å². The van der Waals surface area contributed by atoms with E-state index in [1.165, 1.54) is 6.08 Å². The number of pyridine rings is 1. The molecule has 1 saturated carbocycles. The molecule has 0 bridgehead atoms. The first kappa shape index (κ1) is 36.2. The molecule has 0 aliphatic heterocycles. The number of hydrogen-bond donors (Lipinski definition) is 2. The fraction of sp³-hybridized carbons (Fsp3) is 0.300. The van der Waals surface area contributed by atoms with Crippen LogP contribution in [0.25, 0.3) is 38.8 Å². The highest BCUT2D eigenvalue weighted by molar-refractivity contribution is 6.38. The molecule has 0 unspecified atom stereocenters. The van der Waals surface area contributed by atoms with Gasteiger partial charge in [0.05, 0.1) is 34.1 Å². The number of amides is 1. The van der Waals surface area contributed by atoms with E-state index < -0.39 is 29.0 Å². The molecule has 1 amide bonds. The highest BCUT2D eigenvalue weighted by Crippen LogP contribution is 2.42. The zero-order valence-electron chi connectivity index (χ0n) is 30.1. The molecule has 13 heteroatoms. The maximum atomic E-state index is 15.5. The first-order valence-electron chi connectivity index (χ1n) is 17.5. The number of carbonyl (C=O) groups excluding carboxylic acids is 2. The number of nitrogens with zero attached hydrogens (tertiary/aromatic N) is 5. The van der Waals surface area contributed by atoms with Crippen molar-refractivity contribution in [3.8, 4) is 22.3 Å². The molecular weight excluding hydrogens is 700 g/mol. The zero-order valence-corrected chi connectivity index (χ0v) is 30.9. The van der Waals surface area contributed by atoms with Gasteiger partial charge in [0.2, 0.25) is 11.7 Å². The summed E-state index contributed by atoms with van der Waals surface area (Å²) in [6, 6.07) is 9.64. The molecule has 7 rings (SSSR count). The van der Waals surface area contributed by atoms with Crippen LogP contribution < -0.4 is 10.6 Å². The molecule has 0 atom stereocenters. The predicted octanol–water partition coefficient (Wildman–Crippen LogP) is 7.71. The minimum atomic E-state index is -1.07. The van der Waals surface area contributed by atoms with Gasteiger partial charge in [0.15, 0.2) is 0 Å². The molecule has 1 aliphatic rings. The summed E-state index contributed by atoms with van der Waals surface area (Å²) >= 11 is 7.10. The van der Waals surface area contributed by atoms with Gasteiger partial charge in [0, 0.05) is 80.1 Å². The molecule has 10 nitrogen and oxygen atoms in total. The van der Waals surface area contributed by atoms with Crippen molar-refractivity contribution in [3.63, 3.8) is 0 Å². The van der Waals surface area contributed by atoms with Crippen LogP contribution >= 0.6 is 11.6 Å². The monoisotopic (exact) mass is 739 g/mol. The van der Waals surface area contributed by atoms with Gasteiger partial charge in [-0.3, -0.25) is 14.3 Å². The number of rotatable bonds is 10. The second-order valence-electron chi connectivity index (χ2n) is 13.6. The second kappa shape index (κ2) is 14.7. The van der Waals surface area contributed by atoms with Gasteiger partial charge in [-0.1, -0.05) is 23.7 Å². The quantitative estimate of drug-likeness (QED) is 0.110. The molecule has 6 aromatic rings. The van der Waals surface area contributed by atoms with Crippen LogP contribution in [-0.2, 0) is 23.6 Å². The van der Waals surface area contributed by atoms with Crippen LogP contribution in [0.5, 0.6) is 0 Å². The van der Waals surface area contributed by atoms with Crippen molar-refractivity contribution >= 4 is 45.5 Å². The van der Waals surface area contributed by atoms with Crippen molar-refractivity contribution in [1.29, 1.82) is 0 Å². The third-order valence-electron chi connectivity index (χ3n) is 10.2. The maximum Gasteiger partial charge on any atom is 0.248 e. The van der Waals surface area contributed by atoms with E-state index in [-0.39, 0.29) is 17.4 Å². The molecule has 2 N–H and O–H groups in total. The summed E-state index contributed by atoms with van der Waals surface area (Å²) in [6.45, 7) is 4.32. The Kier molecular flexibility index (Phi) is 10.0. The van der Waals surface area contributed by atoms with Gasteiger partial charge in [-0.05, 0) is 75.4 Å². The SMILES string of the molecule is COC1CCC(NC/C=C/C(=O)Nc2c(F)cc(C(=O)c3cc(-c4cnn(C)c4)c4c(-c5c(C)cc6c(nc(C)n6C)c5Cl)cccn34)cc2F)CC1. The number of aromatic nitrogens is 5. The van der Waals surface area contributed by atoms with E-state index in [2.05, 4.69) is 15.7 Å². The average Bonchev–Trinajstić information content (AvgIpc) is 3.83. The van der Waals surface area contributed by atoms with Crippen LogP contribution in [0, 0.1) is 25.5 Å². The van der Waals surface area contributed by atoms with Gasteiger partial charge < -0.3 is 24.3 Å². The number of nitrogens with one attached hydrogen (secondary N) is 2. The van der Waals surface area contributed by atoms with Crippen LogP contribution in [0.3, 0.4) is 0 Å². The standard InChI is InChI=1S/C40H40ClF2N7O3/c1-22-16-32-38(46-23(2)49(32)4)36(41)35(22)28-8-7-15-50-33(19-29(39(28)50)25-20-45-48(3)21-25)40(52)24-17-30(42)37(31(43)18-24)47-34(51)9-6-14-44-26-10-12-27(53-5)13-11-26/h6-9,15-21,26-27,44H,10-14H2,1-5H3,(H,47,51)/b9-6+. The molecule has 0 spiro atoms. The van der Waals surface area contributed by atoms with Gasteiger partial charge in [0.1, 0.15) is 28.7 Å². The average molecular weight is 740 g/mol. The minimum absolute atomic E-state index is 0.172. The first-order chi connectivity index (χ1) is 25.4. The van der Waals surface area contributed by atoms with Crippen molar-refractivity contribution in [2.75, 3.05) is 19.0 Å². The molecule has 4 aromatic heterocycles. The first-order valence-corrected chi connectivity index (χ1v) is 17.9. The topological polar surface area (TPSA) is 107 Å². The number of aryl methyl sites for hydroxylation is 4. The molecule has 274 valence electrons. The second-order valence-corrected chi connectivity index (χ2v) is 14.0. The number of imidazole rings is 1.